The molecule has 220 valence electrons. The van der Waals surface area contributed by atoms with Gasteiger partial charge < -0.3 is 14.8 Å². The maximum atomic E-state index is 14.0. The van der Waals surface area contributed by atoms with Gasteiger partial charge >= 0.3 is 0 Å². The van der Waals surface area contributed by atoms with Crippen molar-refractivity contribution in [2.45, 2.75) is 19.6 Å². The van der Waals surface area contributed by atoms with Crippen molar-refractivity contribution in [1.82, 2.24) is 4.57 Å². The first-order chi connectivity index (χ1) is 21.4. The van der Waals surface area contributed by atoms with E-state index in [-0.39, 0.29) is 11.5 Å². The number of nitrogens with one attached hydrogen (secondary N) is 1. The molecule has 1 aliphatic rings. The number of amides is 1. The number of rotatable bonds is 8. The molecule has 44 heavy (non-hydrogen) atoms. The Kier molecular flexibility index (Phi) is 8.45. The van der Waals surface area contributed by atoms with Crippen LogP contribution in [0.25, 0.3) is 6.08 Å². The molecule has 5 aromatic rings. The maximum absolute atomic E-state index is 14.0. The third-order valence-corrected chi connectivity index (χ3v) is 8.40. The second-order valence-corrected chi connectivity index (χ2v) is 11.6. The molecule has 7 nitrogen and oxygen atoms in total. The predicted molar refractivity (Wildman–Crippen MR) is 174 cm³/mol. The summed E-state index contributed by atoms with van der Waals surface area (Å²) in [6, 6.07) is 31.0. The zero-order valence-electron chi connectivity index (χ0n) is 24.0. The molecular weight excluding hydrogens is 594 g/mol. The van der Waals surface area contributed by atoms with Crippen molar-refractivity contribution in [3.8, 4) is 11.5 Å². The van der Waals surface area contributed by atoms with Crippen LogP contribution in [0.3, 0.4) is 0 Å². The van der Waals surface area contributed by atoms with E-state index in [0.29, 0.717) is 49.4 Å². The lowest BCUT2D eigenvalue weighted by Crippen LogP contribution is -2.40. The minimum absolute atomic E-state index is 0.236. The standard InChI is InChI=1S/C35H28ClN3O4S/c1-22-31(33(40)38-27-11-4-3-5-12-27)32(25-9-7-13-29(20-25)42-2)39-34(41)30(44-35(39)37-22)19-23-14-16-28(17-15-23)43-21-24-8-6-10-26(36)18-24/h3-20,32H,21H2,1-2H3,(H,38,40)/b30-19-/t32-/m1/s1. The van der Waals surface area contributed by atoms with Crippen LogP contribution in [0.4, 0.5) is 5.69 Å². The summed E-state index contributed by atoms with van der Waals surface area (Å²) >= 11 is 7.36. The maximum Gasteiger partial charge on any atom is 0.271 e. The number of methoxy groups -OCH3 is 1. The highest BCUT2D eigenvalue weighted by molar-refractivity contribution is 7.07. The van der Waals surface area contributed by atoms with E-state index in [2.05, 4.69) is 5.32 Å². The van der Waals surface area contributed by atoms with Crippen molar-refractivity contribution >= 4 is 40.6 Å². The van der Waals surface area contributed by atoms with Crippen LogP contribution in [0.5, 0.6) is 11.5 Å². The number of carbonyl (C=O) groups is 1. The fourth-order valence-electron chi connectivity index (χ4n) is 5.06. The zero-order valence-corrected chi connectivity index (χ0v) is 25.6. The Bertz CT molecular complexity index is 2050. The molecule has 2 heterocycles. The smallest absolute Gasteiger partial charge is 0.271 e. The first-order valence-corrected chi connectivity index (χ1v) is 15.1. The first-order valence-electron chi connectivity index (χ1n) is 13.9. The minimum Gasteiger partial charge on any atom is -0.497 e. The van der Waals surface area contributed by atoms with Gasteiger partial charge in [0, 0.05) is 10.7 Å². The van der Waals surface area contributed by atoms with E-state index >= 15 is 0 Å². The van der Waals surface area contributed by atoms with Gasteiger partial charge in [-0.2, -0.15) is 0 Å². The molecule has 0 fully saturated rings. The Morgan fingerprint density at radius 3 is 2.50 bits per heavy atom. The zero-order chi connectivity index (χ0) is 30.6. The average Bonchev–Trinajstić information content (AvgIpc) is 3.34. The summed E-state index contributed by atoms with van der Waals surface area (Å²) in [6.07, 6.45) is 1.83. The lowest BCUT2D eigenvalue weighted by atomic mass is 9.95. The van der Waals surface area contributed by atoms with Crippen LogP contribution in [0, 0.1) is 0 Å². The van der Waals surface area contributed by atoms with Crippen LogP contribution in [0.1, 0.15) is 29.7 Å². The summed E-state index contributed by atoms with van der Waals surface area (Å²) in [5, 5.41) is 3.63. The van der Waals surface area contributed by atoms with Crippen molar-refractivity contribution in [3.63, 3.8) is 0 Å². The molecule has 9 heteroatoms. The molecule has 1 amide bonds. The summed E-state index contributed by atoms with van der Waals surface area (Å²) < 4.78 is 13.5. The first kappa shape index (κ1) is 29.2. The van der Waals surface area contributed by atoms with Crippen molar-refractivity contribution in [2.24, 2.45) is 4.99 Å². The van der Waals surface area contributed by atoms with Crippen LogP contribution in [-0.4, -0.2) is 17.6 Å². The Morgan fingerprint density at radius 1 is 0.977 bits per heavy atom. The Hall–Kier alpha value is -4.92. The lowest BCUT2D eigenvalue weighted by molar-refractivity contribution is -0.113. The average molecular weight is 622 g/mol. The van der Waals surface area contributed by atoms with Gasteiger partial charge in [-0.05, 0) is 78.2 Å². The van der Waals surface area contributed by atoms with Crippen LogP contribution < -0.4 is 29.7 Å². The van der Waals surface area contributed by atoms with E-state index < -0.39 is 6.04 Å². The topological polar surface area (TPSA) is 81.9 Å². The van der Waals surface area contributed by atoms with Gasteiger partial charge in [0.15, 0.2) is 4.80 Å². The van der Waals surface area contributed by atoms with E-state index in [1.54, 1.807) is 18.6 Å². The fourth-order valence-corrected chi connectivity index (χ4v) is 6.32. The molecule has 1 aromatic heterocycles. The SMILES string of the molecule is COc1cccc([C@@H]2C(C(=O)Nc3ccccc3)=C(C)N=c3s/c(=C\c4ccc(OCc5cccc(Cl)c5)cc4)c(=O)n32)c1. The predicted octanol–water partition coefficient (Wildman–Crippen LogP) is 6.11. The van der Waals surface area contributed by atoms with Crippen molar-refractivity contribution in [1.29, 1.82) is 0 Å². The number of thiazole rings is 1. The molecule has 1 atom stereocenters. The van der Waals surface area contributed by atoms with Crippen molar-refractivity contribution in [2.75, 3.05) is 12.4 Å². The minimum atomic E-state index is -0.700. The van der Waals surface area contributed by atoms with E-state index in [4.69, 9.17) is 26.1 Å². The highest BCUT2D eigenvalue weighted by Crippen LogP contribution is 2.32. The largest absolute Gasteiger partial charge is 0.497 e. The number of para-hydroxylation sites is 1. The fraction of sp³-hybridized carbons (Fsp3) is 0.114. The summed E-state index contributed by atoms with van der Waals surface area (Å²) in [5.41, 5.74) is 3.90. The summed E-state index contributed by atoms with van der Waals surface area (Å²) in [7, 11) is 1.59. The van der Waals surface area contributed by atoms with Gasteiger partial charge in [-0.15, -0.1) is 0 Å². The van der Waals surface area contributed by atoms with E-state index in [1.165, 1.54) is 11.3 Å². The summed E-state index contributed by atoms with van der Waals surface area (Å²) in [4.78, 5) is 33.0. The second kappa shape index (κ2) is 12.8. The highest BCUT2D eigenvalue weighted by atomic mass is 35.5. The number of ether oxygens (including phenoxy) is 2. The molecule has 1 aliphatic heterocycles. The molecule has 6 rings (SSSR count). The molecule has 0 bridgehead atoms. The number of hydrogen-bond acceptors (Lipinski definition) is 6. The molecule has 4 aromatic carbocycles. The van der Waals surface area contributed by atoms with Gasteiger partial charge in [-0.3, -0.25) is 14.2 Å². The number of halogens is 1. The number of benzene rings is 4. The van der Waals surface area contributed by atoms with Crippen molar-refractivity contribution in [3.05, 3.63) is 156 Å². The molecule has 0 saturated carbocycles. The third kappa shape index (κ3) is 6.22. The molecule has 0 aliphatic carbocycles. The molecule has 0 spiro atoms. The van der Waals surface area contributed by atoms with E-state index in [9.17, 15) is 9.59 Å². The van der Waals surface area contributed by atoms with Gasteiger partial charge in [0.2, 0.25) is 0 Å². The number of hydrogen-bond donors (Lipinski definition) is 1. The number of carbonyl (C=O) groups excluding carboxylic acids is 1. The number of aromatic nitrogens is 1. The lowest BCUT2D eigenvalue weighted by Gasteiger charge is -2.25. The number of allylic oxidation sites excluding steroid dienone is 1. The van der Waals surface area contributed by atoms with Gasteiger partial charge in [0.05, 0.1) is 29.0 Å². The van der Waals surface area contributed by atoms with Crippen molar-refractivity contribution < 1.29 is 14.3 Å². The molecule has 0 saturated heterocycles. The van der Waals surface area contributed by atoms with Crippen LogP contribution in [0.15, 0.2) is 124 Å². The van der Waals surface area contributed by atoms with Gasteiger partial charge in [0.1, 0.15) is 18.1 Å². The quantitative estimate of drug-likeness (QED) is 0.227. The summed E-state index contributed by atoms with van der Waals surface area (Å²) in [6.45, 7) is 2.19. The Balaban J connectivity index is 1.35. The Morgan fingerprint density at radius 2 is 1.75 bits per heavy atom. The van der Waals surface area contributed by atoms with Gasteiger partial charge in [-0.1, -0.05) is 77.5 Å². The molecular formula is C35H28ClN3O4S. The van der Waals surface area contributed by atoms with Gasteiger partial charge in [0.25, 0.3) is 11.5 Å². The van der Waals surface area contributed by atoms with Crippen LogP contribution in [0.2, 0.25) is 5.02 Å². The highest BCUT2D eigenvalue weighted by Gasteiger charge is 2.32. The van der Waals surface area contributed by atoms with Crippen LogP contribution in [-0.2, 0) is 11.4 Å². The second-order valence-electron chi connectivity index (χ2n) is 10.2. The molecule has 0 unspecified atom stereocenters. The monoisotopic (exact) mass is 621 g/mol. The summed E-state index contributed by atoms with van der Waals surface area (Å²) in [5.74, 6) is 0.999. The van der Waals surface area contributed by atoms with Gasteiger partial charge in [-0.25, -0.2) is 4.99 Å². The van der Waals surface area contributed by atoms with E-state index in [1.807, 2.05) is 109 Å². The van der Waals surface area contributed by atoms with Crippen LogP contribution >= 0.6 is 22.9 Å². The third-order valence-electron chi connectivity index (χ3n) is 7.18. The normalized spacial score (nSPS) is 14.5. The Labute approximate surface area is 263 Å². The number of fused-ring (bicyclic) bond motifs is 1. The number of anilines is 1. The molecule has 1 N–H and O–H groups in total. The molecule has 0 radical (unpaired) electrons. The number of nitrogens with zero attached hydrogens (tertiary/aromatic N) is 2. The van der Waals surface area contributed by atoms with E-state index in [0.717, 1.165) is 16.7 Å².